The molecule has 3 N–H and O–H groups in total. The topological polar surface area (TPSA) is 79.5 Å². The van der Waals surface area contributed by atoms with Gasteiger partial charge in [0.15, 0.2) is 0 Å². The van der Waals surface area contributed by atoms with Gasteiger partial charge in [0.2, 0.25) is 5.91 Å². The van der Waals surface area contributed by atoms with Crippen molar-refractivity contribution in [3.8, 4) is 5.75 Å². The highest BCUT2D eigenvalue weighted by atomic mass is 16.5. The second-order valence-corrected chi connectivity index (χ2v) is 7.80. The molecule has 0 bridgehead atoms. The van der Waals surface area contributed by atoms with E-state index in [1.165, 1.54) is 0 Å². The summed E-state index contributed by atoms with van der Waals surface area (Å²) in [6.45, 7) is 0.118. The molecule has 2 aromatic carbocycles. The van der Waals surface area contributed by atoms with Gasteiger partial charge in [-0.15, -0.1) is 0 Å². The number of anilines is 1. The van der Waals surface area contributed by atoms with Gasteiger partial charge >= 0.3 is 0 Å². The molecule has 0 unspecified atom stereocenters. The third-order valence-corrected chi connectivity index (χ3v) is 5.41. The normalized spacial score (nSPS) is 16.6. The number of methoxy groups -OCH3 is 1. The van der Waals surface area contributed by atoms with Crippen molar-refractivity contribution in [3.05, 3.63) is 59.7 Å². The first-order valence-corrected chi connectivity index (χ1v) is 10.2. The molecule has 0 aromatic heterocycles. The number of hydrogen-bond acceptors (Lipinski definition) is 4. The second-order valence-electron chi connectivity index (χ2n) is 7.80. The molecule has 2 aromatic rings. The molecule has 2 amide bonds. The maximum Gasteiger partial charge on any atom is 0.253 e. The van der Waals surface area contributed by atoms with Gasteiger partial charge in [-0.25, -0.2) is 0 Å². The molecule has 0 aliphatic heterocycles. The van der Waals surface area contributed by atoms with E-state index in [1.54, 1.807) is 13.2 Å². The van der Waals surface area contributed by atoms with E-state index in [0.717, 1.165) is 37.0 Å². The Morgan fingerprint density at radius 3 is 2.41 bits per heavy atom. The van der Waals surface area contributed by atoms with Gasteiger partial charge in [-0.3, -0.25) is 9.59 Å². The van der Waals surface area contributed by atoms with Gasteiger partial charge in [-0.1, -0.05) is 24.3 Å². The van der Waals surface area contributed by atoms with Crippen LogP contribution in [-0.2, 0) is 4.79 Å². The number of carbonyl (C=O) groups is 2. The Morgan fingerprint density at radius 2 is 1.76 bits per heavy atom. The maximum atomic E-state index is 12.6. The van der Waals surface area contributed by atoms with Crippen LogP contribution in [0.2, 0.25) is 0 Å². The monoisotopic (exact) mass is 393 g/mol. The van der Waals surface area contributed by atoms with Crippen molar-refractivity contribution in [2.24, 2.45) is 5.92 Å². The molecule has 4 rings (SSSR count). The van der Waals surface area contributed by atoms with Crippen molar-refractivity contribution in [2.45, 2.75) is 37.8 Å². The van der Waals surface area contributed by atoms with E-state index in [9.17, 15) is 9.59 Å². The molecular formula is C23H27N3O3. The summed E-state index contributed by atoms with van der Waals surface area (Å²) < 4.78 is 5.22. The first kappa shape index (κ1) is 19.3. The summed E-state index contributed by atoms with van der Waals surface area (Å²) in [5, 5.41) is 9.27. The lowest BCUT2D eigenvalue weighted by atomic mass is 10.0. The van der Waals surface area contributed by atoms with E-state index in [-0.39, 0.29) is 24.4 Å². The molecule has 2 fully saturated rings. The van der Waals surface area contributed by atoms with E-state index in [4.69, 9.17) is 4.74 Å². The number of benzene rings is 2. The number of ether oxygens (including phenoxy) is 1. The van der Waals surface area contributed by atoms with Crippen molar-refractivity contribution >= 4 is 17.5 Å². The molecule has 0 heterocycles. The van der Waals surface area contributed by atoms with Gasteiger partial charge in [-0.2, -0.15) is 0 Å². The standard InChI is InChI=1S/C23H27N3O3/c1-29-18-12-8-16(9-13-18)22(15-6-7-15)26-21(27)14-24-20-5-3-2-4-19(20)23(28)25-17-10-11-17/h2-5,8-9,12-13,15,17,22,24H,6-7,10-11,14H2,1H3,(H,25,28)(H,26,27)/t22-/m0/s1. The average molecular weight is 393 g/mol. The van der Waals surface area contributed by atoms with Gasteiger partial charge in [0, 0.05) is 11.7 Å². The fourth-order valence-electron chi connectivity index (χ4n) is 3.44. The molecule has 0 radical (unpaired) electrons. The van der Waals surface area contributed by atoms with Crippen molar-refractivity contribution in [3.63, 3.8) is 0 Å². The van der Waals surface area contributed by atoms with Crippen LogP contribution >= 0.6 is 0 Å². The Hall–Kier alpha value is -3.02. The highest BCUT2D eigenvalue weighted by Gasteiger charge is 2.33. The van der Waals surface area contributed by atoms with Crippen LogP contribution in [0, 0.1) is 5.92 Å². The van der Waals surface area contributed by atoms with Crippen LogP contribution in [-0.4, -0.2) is 31.5 Å². The Morgan fingerprint density at radius 1 is 1.03 bits per heavy atom. The second kappa shape index (κ2) is 8.55. The number of carbonyl (C=O) groups excluding carboxylic acids is 2. The maximum absolute atomic E-state index is 12.6. The minimum atomic E-state index is -0.0925. The molecule has 0 saturated heterocycles. The first-order chi connectivity index (χ1) is 14.1. The largest absolute Gasteiger partial charge is 0.497 e. The zero-order chi connectivity index (χ0) is 20.2. The Bertz CT molecular complexity index is 873. The van der Waals surface area contributed by atoms with Gasteiger partial charge < -0.3 is 20.7 Å². The fourth-order valence-corrected chi connectivity index (χ4v) is 3.44. The van der Waals surface area contributed by atoms with Crippen molar-refractivity contribution in [1.82, 2.24) is 10.6 Å². The van der Waals surface area contributed by atoms with Gasteiger partial charge in [-0.05, 0) is 61.4 Å². The Labute approximate surface area is 171 Å². The molecule has 6 nitrogen and oxygen atoms in total. The summed E-state index contributed by atoms with van der Waals surface area (Å²) in [5.74, 6) is 1.10. The van der Waals surface area contributed by atoms with Crippen molar-refractivity contribution < 1.29 is 14.3 Å². The molecule has 2 aliphatic carbocycles. The Kier molecular flexibility index (Phi) is 5.69. The number of nitrogens with one attached hydrogen (secondary N) is 3. The Balaban J connectivity index is 1.37. The predicted octanol–water partition coefficient (Wildman–Crippen LogP) is 3.27. The molecular weight excluding hydrogens is 366 g/mol. The molecule has 0 spiro atoms. The number of hydrogen-bond donors (Lipinski definition) is 3. The lowest BCUT2D eigenvalue weighted by Crippen LogP contribution is -2.35. The van der Waals surface area contributed by atoms with E-state index in [2.05, 4.69) is 16.0 Å². The third kappa shape index (κ3) is 5.08. The van der Waals surface area contributed by atoms with E-state index in [0.29, 0.717) is 23.2 Å². The van der Waals surface area contributed by atoms with E-state index in [1.807, 2.05) is 42.5 Å². The van der Waals surface area contributed by atoms with E-state index >= 15 is 0 Å². The summed E-state index contributed by atoms with van der Waals surface area (Å²) in [6.07, 6.45) is 4.32. The zero-order valence-corrected chi connectivity index (χ0v) is 16.6. The van der Waals surface area contributed by atoms with Crippen LogP contribution in [0.1, 0.15) is 47.6 Å². The molecule has 152 valence electrons. The summed E-state index contributed by atoms with van der Waals surface area (Å²) >= 11 is 0. The number of rotatable bonds is 9. The van der Waals surface area contributed by atoms with Crippen LogP contribution in [0.3, 0.4) is 0 Å². The van der Waals surface area contributed by atoms with Crippen LogP contribution < -0.4 is 20.7 Å². The summed E-state index contributed by atoms with van der Waals surface area (Å²) in [7, 11) is 1.64. The SMILES string of the molecule is COc1ccc([C@@H](NC(=O)CNc2ccccc2C(=O)NC2CC2)C2CC2)cc1. The summed E-state index contributed by atoms with van der Waals surface area (Å²) in [5.41, 5.74) is 2.33. The van der Waals surface area contributed by atoms with Gasteiger partial charge in [0.05, 0.1) is 25.3 Å². The lowest BCUT2D eigenvalue weighted by molar-refractivity contribution is -0.120. The molecule has 6 heteroatoms. The number of amides is 2. The summed E-state index contributed by atoms with van der Waals surface area (Å²) in [4.78, 5) is 25.0. The highest BCUT2D eigenvalue weighted by molar-refractivity contribution is 6.00. The molecule has 2 saturated carbocycles. The smallest absolute Gasteiger partial charge is 0.253 e. The third-order valence-electron chi connectivity index (χ3n) is 5.41. The van der Waals surface area contributed by atoms with Crippen LogP contribution in [0.4, 0.5) is 5.69 Å². The van der Waals surface area contributed by atoms with Crippen LogP contribution in [0.25, 0.3) is 0 Å². The van der Waals surface area contributed by atoms with Crippen molar-refractivity contribution in [1.29, 1.82) is 0 Å². The summed E-state index contributed by atoms with van der Waals surface area (Å²) in [6, 6.07) is 15.5. The fraction of sp³-hybridized carbons (Fsp3) is 0.391. The van der Waals surface area contributed by atoms with Crippen molar-refractivity contribution in [2.75, 3.05) is 19.0 Å². The van der Waals surface area contributed by atoms with Gasteiger partial charge in [0.1, 0.15) is 5.75 Å². The lowest BCUT2D eigenvalue weighted by Gasteiger charge is -2.20. The van der Waals surface area contributed by atoms with Crippen LogP contribution in [0.5, 0.6) is 5.75 Å². The predicted molar refractivity (Wildman–Crippen MR) is 112 cm³/mol. The molecule has 2 aliphatic rings. The van der Waals surface area contributed by atoms with Crippen LogP contribution in [0.15, 0.2) is 48.5 Å². The van der Waals surface area contributed by atoms with E-state index < -0.39 is 0 Å². The molecule has 1 atom stereocenters. The average Bonchev–Trinajstić information content (AvgIpc) is 3.66. The quantitative estimate of drug-likeness (QED) is 0.611. The first-order valence-electron chi connectivity index (χ1n) is 10.2. The minimum Gasteiger partial charge on any atom is -0.497 e. The zero-order valence-electron chi connectivity index (χ0n) is 16.6. The number of para-hydroxylation sites is 1. The minimum absolute atomic E-state index is 0.00335. The molecule has 29 heavy (non-hydrogen) atoms. The highest BCUT2D eigenvalue weighted by Crippen LogP contribution is 2.41. The van der Waals surface area contributed by atoms with Gasteiger partial charge in [0.25, 0.3) is 5.91 Å².